The highest BCUT2D eigenvalue weighted by molar-refractivity contribution is 5.73. The highest BCUT2D eigenvalue weighted by Crippen LogP contribution is 2.12. The molecule has 4 heteroatoms. The Balaban J connectivity index is 1.82. The van der Waals surface area contributed by atoms with Crippen LogP contribution >= 0.6 is 0 Å². The average Bonchev–Trinajstić information content (AvgIpc) is 2.45. The molecule has 0 spiro atoms. The third-order valence-electron chi connectivity index (χ3n) is 3.86. The summed E-state index contributed by atoms with van der Waals surface area (Å²) in [4.78, 5) is 17.6. The van der Waals surface area contributed by atoms with E-state index in [0.717, 1.165) is 44.6 Å². The van der Waals surface area contributed by atoms with Gasteiger partial charge in [-0.1, -0.05) is 13.0 Å². The Morgan fingerprint density at radius 3 is 2.84 bits per heavy atom. The molecule has 0 aliphatic carbocycles. The average molecular weight is 261 g/mol. The molecule has 2 heterocycles. The van der Waals surface area contributed by atoms with E-state index in [9.17, 15) is 4.79 Å². The second-order valence-electron chi connectivity index (χ2n) is 5.12. The molecule has 0 radical (unpaired) electrons. The lowest BCUT2D eigenvalue weighted by molar-refractivity contribution is -0.129. The standard InChI is InChI=1S/C15H23N3O/c1-3-13-5-4-8-16-15(13)11-17-14-6-9-18(10-7-14)12(2)19/h4-5,8,14,17H,3,6-7,9-11H2,1-2H3. The molecule has 1 aromatic heterocycles. The fourth-order valence-corrected chi connectivity index (χ4v) is 2.59. The molecule has 4 nitrogen and oxygen atoms in total. The minimum Gasteiger partial charge on any atom is -0.343 e. The summed E-state index contributed by atoms with van der Waals surface area (Å²) in [5, 5.41) is 3.57. The number of carbonyl (C=O) groups excluding carboxylic acids is 1. The fraction of sp³-hybridized carbons (Fsp3) is 0.600. The maximum Gasteiger partial charge on any atom is 0.219 e. The molecule has 0 atom stereocenters. The van der Waals surface area contributed by atoms with Crippen molar-refractivity contribution in [1.82, 2.24) is 15.2 Å². The third-order valence-corrected chi connectivity index (χ3v) is 3.86. The number of pyridine rings is 1. The van der Waals surface area contributed by atoms with Crippen LogP contribution in [0.15, 0.2) is 18.3 Å². The summed E-state index contributed by atoms with van der Waals surface area (Å²) in [5.74, 6) is 0.191. The number of nitrogens with zero attached hydrogens (tertiary/aromatic N) is 2. The summed E-state index contributed by atoms with van der Waals surface area (Å²) in [5.41, 5.74) is 2.47. The quantitative estimate of drug-likeness (QED) is 0.898. The minimum atomic E-state index is 0.191. The number of piperidine rings is 1. The Morgan fingerprint density at radius 1 is 1.47 bits per heavy atom. The Hall–Kier alpha value is -1.42. The van der Waals surface area contributed by atoms with Gasteiger partial charge in [0.25, 0.3) is 0 Å². The minimum absolute atomic E-state index is 0.191. The van der Waals surface area contributed by atoms with Crippen molar-refractivity contribution in [3.05, 3.63) is 29.6 Å². The summed E-state index contributed by atoms with van der Waals surface area (Å²) in [6.45, 7) is 6.38. The molecule has 1 amide bonds. The number of carbonyl (C=O) groups is 1. The molecule has 1 aliphatic heterocycles. The number of rotatable bonds is 4. The van der Waals surface area contributed by atoms with E-state index in [-0.39, 0.29) is 5.91 Å². The second kappa shape index (κ2) is 6.66. The fourth-order valence-electron chi connectivity index (χ4n) is 2.59. The van der Waals surface area contributed by atoms with Gasteiger partial charge in [0.1, 0.15) is 0 Å². The van der Waals surface area contributed by atoms with Gasteiger partial charge in [0.15, 0.2) is 0 Å². The van der Waals surface area contributed by atoms with E-state index in [1.165, 1.54) is 5.56 Å². The van der Waals surface area contributed by atoms with Gasteiger partial charge in [0.2, 0.25) is 5.91 Å². The number of hydrogen-bond donors (Lipinski definition) is 1. The molecule has 1 aliphatic rings. The van der Waals surface area contributed by atoms with Crippen LogP contribution in [0.5, 0.6) is 0 Å². The molecule has 1 aromatic rings. The van der Waals surface area contributed by atoms with Gasteiger partial charge in [-0.3, -0.25) is 9.78 Å². The van der Waals surface area contributed by atoms with E-state index < -0.39 is 0 Å². The first-order chi connectivity index (χ1) is 9.20. The van der Waals surface area contributed by atoms with Crippen LogP contribution in [0.3, 0.4) is 0 Å². The monoisotopic (exact) mass is 261 g/mol. The SMILES string of the molecule is CCc1cccnc1CNC1CCN(C(C)=O)CC1. The van der Waals surface area contributed by atoms with E-state index in [1.807, 2.05) is 17.2 Å². The lowest BCUT2D eigenvalue weighted by Gasteiger charge is -2.31. The molecule has 1 fully saturated rings. The van der Waals surface area contributed by atoms with E-state index in [0.29, 0.717) is 6.04 Å². The zero-order valence-corrected chi connectivity index (χ0v) is 11.9. The molecular formula is C15H23N3O. The van der Waals surface area contributed by atoms with Crippen molar-refractivity contribution in [2.45, 2.75) is 45.7 Å². The zero-order chi connectivity index (χ0) is 13.7. The van der Waals surface area contributed by atoms with Crippen LogP contribution in [0.4, 0.5) is 0 Å². The van der Waals surface area contributed by atoms with Crippen molar-refractivity contribution >= 4 is 5.91 Å². The maximum atomic E-state index is 11.3. The Bertz CT molecular complexity index is 425. The molecule has 0 bridgehead atoms. The molecular weight excluding hydrogens is 238 g/mol. The van der Waals surface area contributed by atoms with Gasteiger partial charge >= 0.3 is 0 Å². The van der Waals surface area contributed by atoms with Crippen LogP contribution in [0.2, 0.25) is 0 Å². The second-order valence-corrected chi connectivity index (χ2v) is 5.12. The van der Waals surface area contributed by atoms with Crippen molar-refractivity contribution in [2.24, 2.45) is 0 Å². The van der Waals surface area contributed by atoms with Crippen LogP contribution in [-0.4, -0.2) is 34.9 Å². The van der Waals surface area contributed by atoms with Crippen LogP contribution in [0, 0.1) is 0 Å². The Kier molecular flexibility index (Phi) is 4.91. The Labute approximate surface area is 115 Å². The first-order valence-electron chi connectivity index (χ1n) is 7.12. The van der Waals surface area contributed by atoms with Gasteiger partial charge in [-0.05, 0) is 30.9 Å². The van der Waals surface area contributed by atoms with E-state index in [2.05, 4.69) is 23.3 Å². The lowest BCUT2D eigenvalue weighted by atomic mass is 10.0. The van der Waals surface area contributed by atoms with Crippen LogP contribution in [0.1, 0.15) is 37.9 Å². The first-order valence-corrected chi connectivity index (χ1v) is 7.12. The highest BCUT2D eigenvalue weighted by Gasteiger charge is 2.20. The van der Waals surface area contributed by atoms with E-state index in [4.69, 9.17) is 0 Å². The molecule has 2 rings (SSSR count). The maximum absolute atomic E-state index is 11.3. The smallest absolute Gasteiger partial charge is 0.219 e. The Morgan fingerprint density at radius 2 is 2.21 bits per heavy atom. The van der Waals surface area contributed by atoms with E-state index in [1.54, 1.807) is 6.92 Å². The van der Waals surface area contributed by atoms with Gasteiger partial charge in [0, 0.05) is 38.8 Å². The normalized spacial score (nSPS) is 16.6. The van der Waals surface area contributed by atoms with Crippen molar-refractivity contribution in [3.63, 3.8) is 0 Å². The van der Waals surface area contributed by atoms with Crippen molar-refractivity contribution in [2.75, 3.05) is 13.1 Å². The lowest BCUT2D eigenvalue weighted by Crippen LogP contribution is -2.44. The summed E-state index contributed by atoms with van der Waals surface area (Å²) in [6, 6.07) is 4.64. The van der Waals surface area contributed by atoms with Gasteiger partial charge < -0.3 is 10.2 Å². The molecule has 1 saturated heterocycles. The summed E-state index contributed by atoms with van der Waals surface area (Å²) in [6.07, 6.45) is 4.95. The summed E-state index contributed by atoms with van der Waals surface area (Å²) >= 11 is 0. The molecule has 0 saturated carbocycles. The summed E-state index contributed by atoms with van der Waals surface area (Å²) < 4.78 is 0. The molecule has 104 valence electrons. The van der Waals surface area contributed by atoms with Crippen LogP contribution in [0.25, 0.3) is 0 Å². The van der Waals surface area contributed by atoms with Gasteiger partial charge in [-0.25, -0.2) is 0 Å². The predicted molar refractivity (Wildman–Crippen MR) is 75.7 cm³/mol. The van der Waals surface area contributed by atoms with Crippen LogP contribution < -0.4 is 5.32 Å². The van der Waals surface area contributed by atoms with Gasteiger partial charge in [-0.15, -0.1) is 0 Å². The van der Waals surface area contributed by atoms with Crippen LogP contribution in [-0.2, 0) is 17.8 Å². The number of hydrogen-bond acceptors (Lipinski definition) is 3. The van der Waals surface area contributed by atoms with Gasteiger partial charge in [-0.2, -0.15) is 0 Å². The summed E-state index contributed by atoms with van der Waals surface area (Å²) in [7, 11) is 0. The zero-order valence-electron chi connectivity index (χ0n) is 11.9. The molecule has 0 unspecified atom stereocenters. The molecule has 0 aromatic carbocycles. The third kappa shape index (κ3) is 3.77. The number of aryl methyl sites for hydroxylation is 1. The predicted octanol–water partition coefficient (Wildman–Crippen LogP) is 1.74. The topological polar surface area (TPSA) is 45.2 Å². The van der Waals surface area contributed by atoms with Crippen molar-refractivity contribution in [1.29, 1.82) is 0 Å². The van der Waals surface area contributed by atoms with E-state index >= 15 is 0 Å². The molecule has 1 N–H and O–H groups in total. The number of nitrogens with one attached hydrogen (secondary N) is 1. The number of aromatic nitrogens is 1. The largest absolute Gasteiger partial charge is 0.343 e. The van der Waals surface area contributed by atoms with Crippen molar-refractivity contribution in [3.8, 4) is 0 Å². The van der Waals surface area contributed by atoms with Gasteiger partial charge in [0.05, 0.1) is 5.69 Å². The number of amides is 1. The first kappa shape index (κ1) is 14.0. The van der Waals surface area contributed by atoms with Crippen molar-refractivity contribution < 1.29 is 4.79 Å². The molecule has 19 heavy (non-hydrogen) atoms. The highest BCUT2D eigenvalue weighted by atomic mass is 16.2. The number of likely N-dealkylation sites (tertiary alicyclic amines) is 1.